The van der Waals surface area contributed by atoms with Gasteiger partial charge < -0.3 is 14.4 Å². The summed E-state index contributed by atoms with van der Waals surface area (Å²) in [6, 6.07) is 66.7. The van der Waals surface area contributed by atoms with E-state index in [4.69, 9.17) is 9.47 Å². The largest absolute Gasteiger partial charge is 0.478 e. The number of nitrogens with zero attached hydrogens (tertiary/aromatic N) is 1. The lowest BCUT2D eigenvalue weighted by Gasteiger charge is -2.35. The number of rotatable bonds is 5. The fourth-order valence-electron chi connectivity index (χ4n) is 11.5. The molecule has 308 valence electrons. The molecule has 8 aromatic carbocycles. The predicted molar refractivity (Wildman–Crippen MR) is 268 cm³/mol. The molecule has 0 N–H and O–H groups in total. The highest BCUT2D eigenvalue weighted by Gasteiger charge is 2.52. The third kappa shape index (κ3) is 5.41. The minimum Gasteiger partial charge on any atom is -0.478 e. The highest BCUT2D eigenvalue weighted by molar-refractivity contribution is 7.19. The molecule has 3 nitrogen and oxygen atoms in total. The first-order chi connectivity index (χ1) is 32.2. The topological polar surface area (TPSA) is 21.7 Å². The van der Waals surface area contributed by atoms with Crippen molar-refractivity contribution in [1.29, 1.82) is 0 Å². The van der Waals surface area contributed by atoms with E-state index in [0.717, 1.165) is 52.5 Å². The number of hydrogen-bond donors (Lipinski definition) is 0. The van der Waals surface area contributed by atoms with E-state index in [-0.39, 0.29) is 12.2 Å². The molecule has 4 heteroatoms. The first-order valence-corrected chi connectivity index (χ1v) is 23.5. The maximum absolute atomic E-state index is 6.95. The number of allylic oxidation sites excluding steroid dienone is 3. The standard InChI is InChI=1S/C61H41NO2S/c1-2-14-39(15-3-1)43-16-7-12-24-54(43)62(42-31-33-60-49(35-42)47-20-8-13-25-59(47)65-60)41-29-26-38(27-30-41)40-28-32-55-56(34-40)64-57-36-48-46-19-6-11-23-52(46)61(53(48)37-58(57)63-55)50-21-9-4-17-44(50)45-18-5-10-22-51(45)61/h1-12,14-24,26-37,55-56H,13,25H2. The van der Waals surface area contributed by atoms with Crippen molar-refractivity contribution >= 4 is 50.1 Å². The number of para-hydroxylation sites is 1. The molecule has 9 aromatic rings. The van der Waals surface area contributed by atoms with Gasteiger partial charge in [0.15, 0.2) is 23.7 Å². The van der Waals surface area contributed by atoms with E-state index in [9.17, 15) is 0 Å². The molecule has 0 amide bonds. The van der Waals surface area contributed by atoms with Crippen molar-refractivity contribution in [3.8, 4) is 44.9 Å². The van der Waals surface area contributed by atoms with E-state index < -0.39 is 5.41 Å². The summed E-state index contributed by atoms with van der Waals surface area (Å²) in [5, 5.41) is 1.32. The summed E-state index contributed by atoms with van der Waals surface area (Å²) in [6.45, 7) is 0. The molecule has 0 fully saturated rings. The van der Waals surface area contributed by atoms with Gasteiger partial charge in [-0.1, -0.05) is 152 Å². The number of hydrogen-bond acceptors (Lipinski definition) is 4. The zero-order valence-corrected chi connectivity index (χ0v) is 36.3. The Morgan fingerprint density at radius 3 is 1.89 bits per heavy atom. The highest BCUT2D eigenvalue weighted by Crippen LogP contribution is 2.64. The van der Waals surface area contributed by atoms with Gasteiger partial charge in [-0.15, -0.1) is 11.3 Å². The van der Waals surface area contributed by atoms with Gasteiger partial charge in [-0.25, -0.2) is 0 Å². The van der Waals surface area contributed by atoms with Crippen molar-refractivity contribution in [1.82, 2.24) is 0 Å². The van der Waals surface area contributed by atoms with E-state index in [2.05, 4.69) is 217 Å². The maximum atomic E-state index is 6.95. The Bertz CT molecular complexity index is 3470. The van der Waals surface area contributed by atoms with E-state index in [0.29, 0.717) is 0 Å². The maximum Gasteiger partial charge on any atom is 0.162 e. The summed E-state index contributed by atoms with van der Waals surface area (Å²) in [7, 11) is 0. The molecule has 1 aromatic heterocycles. The quantitative estimate of drug-likeness (QED) is 0.172. The summed E-state index contributed by atoms with van der Waals surface area (Å²) in [5.41, 5.74) is 19.2. The van der Waals surface area contributed by atoms with Crippen LogP contribution in [0.4, 0.5) is 17.1 Å². The van der Waals surface area contributed by atoms with Crippen LogP contribution >= 0.6 is 11.3 Å². The van der Waals surface area contributed by atoms with Crippen LogP contribution in [-0.2, 0) is 11.8 Å². The third-order valence-corrected chi connectivity index (χ3v) is 15.5. The molecule has 4 aliphatic carbocycles. The summed E-state index contributed by atoms with van der Waals surface area (Å²) in [4.78, 5) is 3.90. The van der Waals surface area contributed by atoms with Crippen LogP contribution in [-0.4, -0.2) is 12.2 Å². The second-order valence-corrected chi connectivity index (χ2v) is 18.8. The Labute approximate surface area is 382 Å². The lowest BCUT2D eigenvalue weighted by molar-refractivity contribution is 0.0760. The molecule has 2 atom stereocenters. The SMILES string of the molecule is C1=Cc2c(sc3ccc(N(c4ccc(C5=CC6Oc7cc8c(cc7OC6C=C5)C5(c6ccccc6-c6ccccc65)c5ccccc5-8)cc4)c4ccccc4-c4ccccc4)cc23)CC1. The van der Waals surface area contributed by atoms with Crippen LogP contribution in [0.1, 0.15) is 44.7 Å². The number of benzene rings is 8. The summed E-state index contributed by atoms with van der Waals surface area (Å²) in [6.07, 6.45) is 12.9. The lowest BCUT2D eigenvalue weighted by atomic mass is 9.70. The fourth-order valence-corrected chi connectivity index (χ4v) is 12.6. The van der Waals surface area contributed by atoms with Gasteiger partial charge in [0, 0.05) is 31.9 Å². The second kappa shape index (κ2) is 14.2. The number of thiophene rings is 1. The minimum absolute atomic E-state index is 0.246. The molecular weight excluding hydrogens is 811 g/mol. The molecule has 14 rings (SSSR count). The molecule has 5 aliphatic rings. The zero-order valence-electron chi connectivity index (χ0n) is 35.4. The Morgan fingerprint density at radius 1 is 0.508 bits per heavy atom. The Hall–Kier alpha value is -7.66. The molecular formula is C61H41NO2S. The minimum atomic E-state index is -0.428. The number of ether oxygens (including phenoxy) is 2. The average molecular weight is 852 g/mol. The van der Waals surface area contributed by atoms with Crippen LogP contribution in [0.3, 0.4) is 0 Å². The smallest absolute Gasteiger partial charge is 0.162 e. The molecule has 65 heavy (non-hydrogen) atoms. The van der Waals surface area contributed by atoms with Crippen LogP contribution in [0.5, 0.6) is 11.5 Å². The summed E-state index contributed by atoms with van der Waals surface area (Å²) in [5.74, 6) is 1.57. The van der Waals surface area contributed by atoms with Crippen molar-refractivity contribution in [3.63, 3.8) is 0 Å². The molecule has 2 unspecified atom stereocenters. The molecule has 2 heterocycles. The van der Waals surface area contributed by atoms with E-state index in [1.807, 2.05) is 11.3 Å². The van der Waals surface area contributed by atoms with Crippen molar-refractivity contribution in [2.24, 2.45) is 0 Å². The Morgan fingerprint density at radius 2 is 1.14 bits per heavy atom. The van der Waals surface area contributed by atoms with Gasteiger partial charge in [0.05, 0.1) is 11.1 Å². The predicted octanol–water partition coefficient (Wildman–Crippen LogP) is 15.5. The van der Waals surface area contributed by atoms with Crippen molar-refractivity contribution in [2.45, 2.75) is 30.5 Å². The van der Waals surface area contributed by atoms with Gasteiger partial charge in [0.25, 0.3) is 0 Å². The van der Waals surface area contributed by atoms with Gasteiger partial charge in [-0.2, -0.15) is 0 Å². The third-order valence-electron chi connectivity index (χ3n) is 14.3. The summed E-state index contributed by atoms with van der Waals surface area (Å²) < 4.78 is 15.2. The molecule has 0 bridgehead atoms. The van der Waals surface area contributed by atoms with Crippen LogP contribution in [0.2, 0.25) is 0 Å². The van der Waals surface area contributed by atoms with Crippen LogP contribution in [0.25, 0.3) is 55.1 Å². The van der Waals surface area contributed by atoms with Crippen LogP contribution < -0.4 is 14.4 Å². The van der Waals surface area contributed by atoms with Crippen LogP contribution in [0.15, 0.2) is 206 Å². The highest BCUT2D eigenvalue weighted by atomic mass is 32.1. The van der Waals surface area contributed by atoms with Gasteiger partial charge in [-0.3, -0.25) is 0 Å². The molecule has 0 saturated heterocycles. The number of anilines is 3. The fraction of sp³-hybridized carbons (Fsp3) is 0.0820. The number of fused-ring (bicyclic) bond motifs is 15. The molecule has 1 spiro atoms. The van der Waals surface area contributed by atoms with Gasteiger partial charge >= 0.3 is 0 Å². The van der Waals surface area contributed by atoms with Crippen molar-refractivity contribution in [2.75, 3.05) is 4.90 Å². The first kappa shape index (κ1) is 36.8. The van der Waals surface area contributed by atoms with Crippen molar-refractivity contribution < 1.29 is 9.47 Å². The van der Waals surface area contributed by atoms with Crippen molar-refractivity contribution in [3.05, 3.63) is 245 Å². The zero-order chi connectivity index (χ0) is 42.6. The summed E-state index contributed by atoms with van der Waals surface area (Å²) >= 11 is 1.93. The second-order valence-electron chi connectivity index (χ2n) is 17.7. The van der Waals surface area contributed by atoms with Gasteiger partial charge in [0.1, 0.15) is 0 Å². The molecule has 0 radical (unpaired) electrons. The molecule has 1 aliphatic heterocycles. The lowest BCUT2D eigenvalue weighted by Crippen LogP contribution is -2.38. The monoisotopic (exact) mass is 851 g/mol. The Kier molecular flexibility index (Phi) is 8.02. The molecule has 0 saturated carbocycles. The first-order valence-electron chi connectivity index (χ1n) is 22.7. The van der Waals surface area contributed by atoms with E-state index in [1.165, 1.54) is 76.2 Å². The number of aryl methyl sites for hydroxylation is 1. The van der Waals surface area contributed by atoms with Gasteiger partial charge in [-0.05, 0) is 140 Å². The van der Waals surface area contributed by atoms with Crippen LogP contribution in [0, 0.1) is 0 Å². The Balaban J connectivity index is 0.826. The van der Waals surface area contributed by atoms with Gasteiger partial charge in [0.2, 0.25) is 0 Å². The van der Waals surface area contributed by atoms with E-state index >= 15 is 0 Å². The average Bonchev–Trinajstić information content (AvgIpc) is 3.99. The van der Waals surface area contributed by atoms with E-state index in [1.54, 1.807) is 0 Å². The normalized spacial score (nSPS) is 17.4.